The Bertz CT molecular complexity index is 1270. The average Bonchev–Trinajstić information content (AvgIpc) is 2.75. The number of sulfonamides is 1. The van der Waals surface area contributed by atoms with E-state index in [1.165, 1.54) is 11.6 Å². The Balaban J connectivity index is 1.60. The summed E-state index contributed by atoms with van der Waals surface area (Å²) in [6, 6.07) is 18.4. The molecule has 0 radical (unpaired) electrons. The number of fused-ring (bicyclic) bond motifs is 1. The first-order valence-corrected chi connectivity index (χ1v) is 11.8. The molecule has 0 bridgehead atoms. The van der Waals surface area contributed by atoms with E-state index in [0.29, 0.717) is 29.9 Å². The fourth-order valence-corrected chi connectivity index (χ4v) is 5.21. The summed E-state index contributed by atoms with van der Waals surface area (Å²) in [5, 5.41) is 0. The average molecular weight is 435 g/mol. The third-order valence-corrected chi connectivity index (χ3v) is 7.42. The summed E-state index contributed by atoms with van der Waals surface area (Å²) in [7, 11) is -3.83. The van der Waals surface area contributed by atoms with Crippen molar-refractivity contribution in [3.63, 3.8) is 0 Å². The minimum absolute atomic E-state index is 0.119. The van der Waals surface area contributed by atoms with Crippen LogP contribution in [0.25, 0.3) is 0 Å². The lowest BCUT2D eigenvalue weighted by Gasteiger charge is -2.29. The van der Waals surface area contributed by atoms with Gasteiger partial charge in [0.15, 0.2) is 0 Å². The molecule has 3 aromatic carbocycles. The molecule has 1 N–H and O–H groups in total. The Morgan fingerprint density at radius 1 is 0.871 bits per heavy atom. The Hall–Kier alpha value is -3.12. The van der Waals surface area contributed by atoms with Crippen LogP contribution < -0.4 is 4.72 Å². The summed E-state index contributed by atoms with van der Waals surface area (Å²) in [4.78, 5) is 15.0. The molecule has 0 atom stereocenters. The van der Waals surface area contributed by atoms with Crippen LogP contribution in [-0.2, 0) is 23.0 Å². The third-order valence-electron chi connectivity index (χ3n) is 5.90. The van der Waals surface area contributed by atoms with Crippen molar-refractivity contribution < 1.29 is 13.2 Å². The zero-order chi connectivity index (χ0) is 22.2. The van der Waals surface area contributed by atoms with Gasteiger partial charge in [-0.05, 0) is 79.3 Å². The van der Waals surface area contributed by atoms with Crippen molar-refractivity contribution in [3.05, 3.63) is 94.0 Å². The van der Waals surface area contributed by atoms with Gasteiger partial charge in [0.25, 0.3) is 15.9 Å². The number of nitrogens with zero attached hydrogens (tertiary/aromatic N) is 1. The predicted molar refractivity (Wildman–Crippen MR) is 123 cm³/mol. The SMILES string of the molecule is Cc1ccc(NS(=O)(=O)c2cc(C(=O)N3CCc4ccccc4C3)ccc2C)cc1C. The van der Waals surface area contributed by atoms with Crippen LogP contribution in [-0.4, -0.2) is 25.8 Å². The highest BCUT2D eigenvalue weighted by Crippen LogP contribution is 2.25. The highest BCUT2D eigenvalue weighted by molar-refractivity contribution is 7.92. The van der Waals surface area contributed by atoms with Crippen LogP contribution in [0.4, 0.5) is 5.69 Å². The number of hydrogen-bond acceptors (Lipinski definition) is 3. The monoisotopic (exact) mass is 434 g/mol. The molecule has 0 saturated heterocycles. The van der Waals surface area contributed by atoms with Crippen LogP contribution in [0.15, 0.2) is 65.6 Å². The molecule has 0 saturated carbocycles. The summed E-state index contributed by atoms with van der Waals surface area (Å²) < 4.78 is 28.8. The lowest BCUT2D eigenvalue weighted by molar-refractivity contribution is 0.0734. The molecule has 0 unspecified atom stereocenters. The van der Waals surface area contributed by atoms with E-state index in [0.717, 1.165) is 23.1 Å². The van der Waals surface area contributed by atoms with Gasteiger partial charge in [-0.2, -0.15) is 0 Å². The second kappa shape index (κ2) is 8.19. The topological polar surface area (TPSA) is 66.5 Å². The number of carbonyl (C=O) groups is 1. The van der Waals surface area contributed by atoms with E-state index in [2.05, 4.69) is 10.8 Å². The molecule has 3 aromatic rings. The minimum atomic E-state index is -3.83. The lowest BCUT2D eigenvalue weighted by atomic mass is 9.99. The summed E-state index contributed by atoms with van der Waals surface area (Å²) in [6.07, 6.45) is 0.799. The van der Waals surface area contributed by atoms with Crippen molar-refractivity contribution >= 4 is 21.6 Å². The lowest BCUT2D eigenvalue weighted by Crippen LogP contribution is -2.36. The van der Waals surface area contributed by atoms with E-state index in [1.807, 2.05) is 44.2 Å². The maximum Gasteiger partial charge on any atom is 0.262 e. The molecule has 4 rings (SSSR count). The minimum Gasteiger partial charge on any atom is -0.334 e. The van der Waals surface area contributed by atoms with Gasteiger partial charge in [0.1, 0.15) is 0 Å². The van der Waals surface area contributed by atoms with Gasteiger partial charge in [-0.25, -0.2) is 8.42 Å². The fourth-order valence-electron chi connectivity index (χ4n) is 3.89. The molecule has 0 fully saturated rings. The summed E-state index contributed by atoms with van der Waals surface area (Å²) in [5.74, 6) is -0.155. The Labute approximate surface area is 183 Å². The highest BCUT2D eigenvalue weighted by Gasteiger charge is 2.24. The highest BCUT2D eigenvalue weighted by atomic mass is 32.2. The summed E-state index contributed by atoms with van der Waals surface area (Å²) in [5.41, 5.74) is 5.98. The van der Waals surface area contributed by atoms with Gasteiger partial charge in [-0.15, -0.1) is 0 Å². The van der Waals surface area contributed by atoms with E-state index >= 15 is 0 Å². The number of aryl methyl sites for hydroxylation is 3. The zero-order valence-corrected chi connectivity index (χ0v) is 18.8. The van der Waals surface area contributed by atoms with E-state index < -0.39 is 10.0 Å². The van der Waals surface area contributed by atoms with Crippen LogP contribution in [0.2, 0.25) is 0 Å². The quantitative estimate of drug-likeness (QED) is 0.652. The van der Waals surface area contributed by atoms with Crippen molar-refractivity contribution in [2.45, 2.75) is 38.6 Å². The maximum absolute atomic E-state index is 13.2. The molecule has 0 aliphatic carbocycles. The first kappa shape index (κ1) is 21.1. The Morgan fingerprint density at radius 3 is 2.32 bits per heavy atom. The van der Waals surface area contributed by atoms with Crippen LogP contribution in [0.5, 0.6) is 0 Å². The number of hydrogen-bond donors (Lipinski definition) is 1. The summed E-state index contributed by atoms with van der Waals surface area (Å²) >= 11 is 0. The molecule has 31 heavy (non-hydrogen) atoms. The van der Waals surface area contributed by atoms with Crippen LogP contribution >= 0.6 is 0 Å². The van der Waals surface area contributed by atoms with Crippen molar-refractivity contribution in [3.8, 4) is 0 Å². The van der Waals surface area contributed by atoms with E-state index in [4.69, 9.17) is 0 Å². The molecule has 0 aromatic heterocycles. The molecule has 1 aliphatic rings. The number of rotatable bonds is 4. The van der Waals surface area contributed by atoms with Gasteiger partial charge in [-0.1, -0.05) is 36.4 Å². The molecular weight excluding hydrogens is 408 g/mol. The fraction of sp³-hybridized carbons (Fsp3) is 0.240. The predicted octanol–water partition coefficient (Wildman–Crippen LogP) is 4.61. The van der Waals surface area contributed by atoms with Crippen LogP contribution in [0.3, 0.4) is 0 Å². The maximum atomic E-state index is 13.2. The molecule has 1 aliphatic heterocycles. The number of carbonyl (C=O) groups excluding carboxylic acids is 1. The second-order valence-electron chi connectivity index (χ2n) is 8.13. The van der Waals surface area contributed by atoms with Crippen molar-refractivity contribution in [2.24, 2.45) is 0 Å². The van der Waals surface area contributed by atoms with Gasteiger partial charge in [0, 0.05) is 24.3 Å². The number of nitrogens with one attached hydrogen (secondary N) is 1. The Kier molecular flexibility index (Phi) is 5.58. The number of benzene rings is 3. The van der Waals surface area contributed by atoms with Crippen molar-refractivity contribution in [1.82, 2.24) is 4.90 Å². The van der Waals surface area contributed by atoms with Gasteiger partial charge < -0.3 is 4.90 Å². The van der Waals surface area contributed by atoms with Crippen molar-refractivity contribution in [2.75, 3.05) is 11.3 Å². The summed E-state index contributed by atoms with van der Waals surface area (Å²) in [6.45, 7) is 6.80. The second-order valence-corrected chi connectivity index (χ2v) is 9.78. The molecule has 1 heterocycles. The van der Waals surface area contributed by atoms with Crippen molar-refractivity contribution in [1.29, 1.82) is 0 Å². The normalized spacial score (nSPS) is 13.6. The van der Waals surface area contributed by atoms with Gasteiger partial charge in [-0.3, -0.25) is 9.52 Å². The smallest absolute Gasteiger partial charge is 0.262 e. The van der Waals surface area contributed by atoms with Gasteiger partial charge >= 0.3 is 0 Å². The van der Waals surface area contributed by atoms with E-state index in [-0.39, 0.29) is 10.8 Å². The number of amides is 1. The van der Waals surface area contributed by atoms with E-state index in [9.17, 15) is 13.2 Å². The molecule has 6 heteroatoms. The largest absolute Gasteiger partial charge is 0.334 e. The molecule has 5 nitrogen and oxygen atoms in total. The molecule has 0 spiro atoms. The van der Waals surface area contributed by atoms with Crippen LogP contribution in [0, 0.1) is 20.8 Å². The Morgan fingerprint density at radius 2 is 1.58 bits per heavy atom. The molecular formula is C25H26N2O3S. The van der Waals surface area contributed by atoms with Gasteiger partial charge in [0.05, 0.1) is 4.90 Å². The molecule has 1 amide bonds. The first-order valence-electron chi connectivity index (χ1n) is 10.3. The standard InChI is InChI=1S/C25H26N2O3S/c1-17-9-11-23(14-19(17)3)26-31(29,30)24-15-21(10-8-18(24)2)25(28)27-13-12-20-6-4-5-7-22(20)16-27/h4-11,14-15,26H,12-13,16H2,1-3H3. The number of anilines is 1. The van der Waals surface area contributed by atoms with Gasteiger partial charge in [0.2, 0.25) is 0 Å². The van der Waals surface area contributed by atoms with E-state index in [1.54, 1.807) is 30.0 Å². The molecule has 160 valence electrons. The third kappa shape index (κ3) is 4.35. The zero-order valence-electron chi connectivity index (χ0n) is 18.0. The first-order chi connectivity index (χ1) is 14.7. The van der Waals surface area contributed by atoms with Crippen LogP contribution in [0.1, 0.15) is 38.2 Å².